The van der Waals surface area contributed by atoms with Crippen LogP contribution in [0.25, 0.3) is 16.6 Å². The van der Waals surface area contributed by atoms with Crippen molar-refractivity contribution in [1.82, 2.24) is 15.7 Å². The molecule has 0 bridgehead atoms. The lowest BCUT2D eigenvalue weighted by molar-refractivity contribution is -0.384. The first-order valence-electron chi connectivity index (χ1n) is 9.10. The van der Waals surface area contributed by atoms with E-state index in [2.05, 4.69) is 27.4 Å². The Hall–Kier alpha value is -3.94. The minimum absolute atomic E-state index is 0.0337. The quantitative estimate of drug-likeness (QED) is 0.224. The molecule has 29 heavy (non-hydrogen) atoms. The van der Waals surface area contributed by atoms with Crippen molar-refractivity contribution >= 4 is 34.4 Å². The number of nitrogens with zero attached hydrogens (tertiary/aromatic N) is 2. The van der Waals surface area contributed by atoms with Crippen LogP contribution in [0.2, 0.25) is 0 Å². The molecule has 0 saturated carbocycles. The van der Waals surface area contributed by atoms with Crippen LogP contribution in [0.4, 0.5) is 5.69 Å². The van der Waals surface area contributed by atoms with Crippen LogP contribution in [0, 0.1) is 10.1 Å². The maximum absolute atomic E-state index is 11.9. The number of benzene rings is 2. The number of fused-ring (bicyclic) bond motifs is 1. The number of hydrazone groups is 1. The molecule has 3 rings (SSSR count). The summed E-state index contributed by atoms with van der Waals surface area (Å²) in [5.41, 5.74) is 5.89. The predicted octanol–water partition coefficient (Wildman–Crippen LogP) is 3.57. The fraction of sp³-hybridized carbons (Fsp3) is 0.143. The number of carbonyl (C=O) groups excluding carboxylic acids is 1. The topological polar surface area (TPSA) is 112 Å². The predicted molar refractivity (Wildman–Crippen MR) is 113 cm³/mol. The molecule has 0 aliphatic heterocycles. The molecule has 1 amide bonds. The second-order valence-electron chi connectivity index (χ2n) is 6.40. The van der Waals surface area contributed by atoms with Gasteiger partial charge in [0.05, 0.1) is 11.1 Å². The number of non-ortho nitro benzene ring substituents is 1. The molecule has 0 atom stereocenters. The van der Waals surface area contributed by atoms with E-state index in [4.69, 9.17) is 0 Å². The van der Waals surface area contributed by atoms with Crippen LogP contribution in [-0.2, 0) is 4.79 Å². The molecule has 0 aliphatic rings. The van der Waals surface area contributed by atoms with Crippen LogP contribution >= 0.6 is 0 Å². The Labute approximate surface area is 167 Å². The Bertz CT molecular complexity index is 1050. The number of aromatic nitrogens is 1. The number of hydrogen-bond acceptors (Lipinski definition) is 5. The number of nitro groups is 1. The number of rotatable bonds is 9. The average molecular weight is 391 g/mol. The van der Waals surface area contributed by atoms with Crippen molar-refractivity contribution < 1.29 is 9.72 Å². The fourth-order valence-corrected chi connectivity index (χ4v) is 2.81. The van der Waals surface area contributed by atoms with Gasteiger partial charge in [0.1, 0.15) is 0 Å². The molecule has 3 aromatic rings. The van der Waals surface area contributed by atoms with Gasteiger partial charge < -0.3 is 10.3 Å². The largest absolute Gasteiger partial charge is 0.385 e. The van der Waals surface area contributed by atoms with E-state index in [9.17, 15) is 14.9 Å². The zero-order chi connectivity index (χ0) is 20.6. The van der Waals surface area contributed by atoms with Gasteiger partial charge in [0, 0.05) is 53.5 Å². The first-order valence-corrected chi connectivity index (χ1v) is 9.10. The molecule has 0 radical (unpaired) electrons. The van der Waals surface area contributed by atoms with Gasteiger partial charge in [-0.25, -0.2) is 5.43 Å². The van der Waals surface area contributed by atoms with Crippen LogP contribution in [0.1, 0.15) is 24.0 Å². The molecule has 1 heterocycles. The summed E-state index contributed by atoms with van der Waals surface area (Å²) < 4.78 is 0. The van der Waals surface area contributed by atoms with Gasteiger partial charge in [0.15, 0.2) is 0 Å². The first-order chi connectivity index (χ1) is 14.0. The summed E-state index contributed by atoms with van der Waals surface area (Å²) in [4.78, 5) is 25.3. The standard InChI is InChI=1S/C21H21N5O3/c1-15(16-8-10-18(11-9-16)26(28)29)22-12-4-7-21(27)25-24-14-17-13-23-20-6-3-2-5-19(17)20/h2-3,5-6,8-11,13-14,22-23H,1,4,7,12H2,(H,25,27). The first kappa shape index (κ1) is 19.8. The normalized spacial score (nSPS) is 10.9. The van der Waals surface area contributed by atoms with Crippen molar-refractivity contribution in [3.05, 3.63) is 82.5 Å². The summed E-state index contributed by atoms with van der Waals surface area (Å²) in [6.45, 7) is 4.46. The molecule has 0 unspecified atom stereocenters. The summed E-state index contributed by atoms with van der Waals surface area (Å²) in [6.07, 6.45) is 4.37. The van der Waals surface area contributed by atoms with Crippen LogP contribution in [0.15, 0.2) is 66.4 Å². The third-order valence-corrected chi connectivity index (χ3v) is 4.36. The van der Waals surface area contributed by atoms with Crippen molar-refractivity contribution in [1.29, 1.82) is 0 Å². The van der Waals surface area contributed by atoms with E-state index in [1.807, 2.05) is 30.5 Å². The molecule has 2 aromatic carbocycles. The lowest BCUT2D eigenvalue weighted by atomic mass is 10.1. The maximum atomic E-state index is 11.9. The van der Waals surface area contributed by atoms with Gasteiger partial charge in [-0.2, -0.15) is 5.10 Å². The Kier molecular flexibility index (Phi) is 6.36. The molecule has 0 aliphatic carbocycles. The van der Waals surface area contributed by atoms with Crippen LogP contribution in [0.3, 0.4) is 0 Å². The monoisotopic (exact) mass is 391 g/mol. The lowest BCUT2D eigenvalue weighted by Gasteiger charge is -2.09. The van der Waals surface area contributed by atoms with Gasteiger partial charge in [-0.1, -0.05) is 24.8 Å². The molecular weight excluding hydrogens is 370 g/mol. The maximum Gasteiger partial charge on any atom is 0.269 e. The Morgan fingerprint density at radius 1 is 1.21 bits per heavy atom. The Morgan fingerprint density at radius 3 is 2.72 bits per heavy atom. The average Bonchev–Trinajstić information content (AvgIpc) is 3.14. The van der Waals surface area contributed by atoms with Crippen molar-refractivity contribution in [2.24, 2.45) is 5.10 Å². The molecule has 148 valence electrons. The summed E-state index contributed by atoms with van der Waals surface area (Å²) in [5.74, 6) is -0.177. The highest BCUT2D eigenvalue weighted by Crippen LogP contribution is 2.16. The number of nitro benzene ring substituents is 1. The Morgan fingerprint density at radius 2 is 1.97 bits per heavy atom. The third kappa shape index (κ3) is 5.29. The van der Waals surface area contributed by atoms with Crippen molar-refractivity contribution in [3.63, 3.8) is 0 Å². The molecular formula is C21H21N5O3. The smallest absolute Gasteiger partial charge is 0.269 e. The second kappa shape index (κ2) is 9.32. The number of para-hydroxylation sites is 1. The van der Waals surface area contributed by atoms with Gasteiger partial charge in [0.2, 0.25) is 5.91 Å². The molecule has 8 nitrogen and oxygen atoms in total. The zero-order valence-corrected chi connectivity index (χ0v) is 15.7. The van der Waals surface area contributed by atoms with Crippen molar-refractivity contribution in [2.75, 3.05) is 6.54 Å². The Balaban J connectivity index is 1.38. The van der Waals surface area contributed by atoms with E-state index in [1.165, 1.54) is 12.1 Å². The molecule has 0 spiro atoms. The van der Waals surface area contributed by atoms with Crippen molar-refractivity contribution in [3.8, 4) is 0 Å². The molecule has 0 fully saturated rings. The van der Waals surface area contributed by atoms with E-state index < -0.39 is 4.92 Å². The van der Waals surface area contributed by atoms with Crippen LogP contribution in [-0.4, -0.2) is 28.6 Å². The lowest BCUT2D eigenvalue weighted by Crippen LogP contribution is -2.20. The van der Waals surface area contributed by atoms with E-state index >= 15 is 0 Å². The number of carbonyl (C=O) groups is 1. The summed E-state index contributed by atoms with van der Waals surface area (Å²) in [6, 6.07) is 14.0. The van der Waals surface area contributed by atoms with Gasteiger partial charge in [-0.15, -0.1) is 0 Å². The molecule has 8 heteroatoms. The van der Waals surface area contributed by atoms with E-state index in [0.717, 1.165) is 22.0 Å². The van der Waals surface area contributed by atoms with E-state index in [1.54, 1.807) is 18.3 Å². The highest BCUT2D eigenvalue weighted by Gasteiger charge is 2.06. The number of aromatic amines is 1. The number of nitrogens with one attached hydrogen (secondary N) is 3. The van der Waals surface area contributed by atoms with Crippen molar-refractivity contribution in [2.45, 2.75) is 12.8 Å². The zero-order valence-electron chi connectivity index (χ0n) is 15.7. The van der Waals surface area contributed by atoms with E-state index in [-0.39, 0.29) is 11.6 Å². The minimum Gasteiger partial charge on any atom is -0.385 e. The van der Waals surface area contributed by atoms with Gasteiger partial charge in [0.25, 0.3) is 5.69 Å². The number of H-pyrrole nitrogens is 1. The molecule has 1 aromatic heterocycles. The van der Waals surface area contributed by atoms with Crippen LogP contribution < -0.4 is 10.7 Å². The van der Waals surface area contributed by atoms with E-state index in [0.29, 0.717) is 25.1 Å². The van der Waals surface area contributed by atoms with Gasteiger partial charge in [-0.05, 0) is 30.2 Å². The third-order valence-electron chi connectivity index (χ3n) is 4.36. The molecule has 0 saturated heterocycles. The summed E-state index contributed by atoms with van der Waals surface area (Å²) in [7, 11) is 0. The fourth-order valence-electron chi connectivity index (χ4n) is 2.81. The second-order valence-corrected chi connectivity index (χ2v) is 6.40. The van der Waals surface area contributed by atoms with Crippen LogP contribution in [0.5, 0.6) is 0 Å². The molecule has 3 N–H and O–H groups in total. The van der Waals surface area contributed by atoms with Gasteiger partial charge >= 0.3 is 0 Å². The number of amides is 1. The highest BCUT2D eigenvalue weighted by molar-refractivity contribution is 5.99. The number of hydrogen-bond donors (Lipinski definition) is 3. The minimum atomic E-state index is -0.445. The highest BCUT2D eigenvalue weighted by atomic mass is 16.6. The summed E-state index contributed by atoms with van der Waals surface area (Å²) >= 11 is 0. The SMILES string of the molecule is C=C(NCCCC(=O)NN=Cc1c[nH]c2ccccc12)c1ccc([N+](=O)[O-])cc1. The van der Waals surface area contributed by atoms with Gasteiger partial charge in [-0.3, -0.25) is 14.9 Å². The summed E-state index contributed by atoms with van der Waals surface area (Å²) in [5, 5.41) is 18.8.